The highest BCUT2D eigenvalue weighted by Crippen LogP contribution is 2.45. The number of rotatable bonds is 5. The van der Waals surface area contributed by atoms with Gasteiger partial charge < -0.3 is 14.2 Å². The Bertz CT molecular complexity index is 1290. The minimum atomic E-state index is -0.869. The van der Waals surface area contributed by atoms with Gasteiger partial charge in [-0.2, -0.15) is 4.99 Å². The van der Waals surface area contributed by atoms with Crippen LogP contribution in [-0.2, 0) is 10.3 Å². The van der Waals surface area contributed by atoms with Gasteiger partial charge in [0.2, 0.25) is 0 Å². The number of halogens is 1. The topological polar surface area (TPSA) is 59.7 Å². The molecule has 5 rings (SSSR count). The van der Waals surface area contributed by atoms with Crippen LogP contribution in [0.15, 0.2) is 66.1 Å². The highest BCUT2D eigenvalue weighted by molar-refractivity contribution is 6.12. The van der Waals surface area contributed by atoms with Crippen molar-refractivity contribution in [3.63, 3.8) is 0 Å². The van der Waals surface area contributed by atoms with E-state index in [1.807, 2.05) is 48.0 Å². The van der Waals surface area contributed by atoms with Crippen LogP contribution in [0.3, 0.4) is 0 Å². The third kappa shape index (κ3) is 3.61. The SMILES string of the molecule is COc1cc(C=CC2=NC(=O)C3(c4ccc(F)cc4)CCCC(C)N23)ccc1-n1cnc(C)c1. The molecule has 34 heavy (non-hydrogen) atoms. The lowest BCUT2D eigenvalue weighted by Gasteiger charge is -2.46. The number of aryl methyl sites for hydroxylation is 1. The minimum absolute atomic E-state index is 0.134. The van der Waals surface area contributed by atoms with Gasteiger partial charge >= 0.3 is 0 Å². The van der Waals surface area contributed by atoms with Crippen molar-refractivity contribution in [2.75, 3.05) is 7.11 Å². The summed E-state index contributed by atoms with van der Waals surface area (Å²) in [7, 11) is 1.64. The fraction of sp³-hybridized carbons (Fsp3) is 0.296. The lowest BCUT2D eigenvalue weighted by molar-refractivity contribution is -0.128. The zero-order valence-electron chi connectivity index (χ0n) is 19.5. The molecular formula is C27H27FN4O2. The molecule has 2 aliphatic rings. The Labute approximate surface area is 198 Å². The molecule has 1 saturated heterocycles. The maximum Gasteiger partial charge on any atom is 0.278 e. The molecule has 0 N–H and O–H groups in total. The Morgan fingerprint density at radius 3 is 2.68 bits per heavy atom. The number of hydrogen-bond donors (Lipinski definition) is 0. The Morgan fingerprint density at radius 2 is 1.97 bits per heavy atom. The van der Waals surface area contributed by atoms with Crippen molar-refractivity contribution in [2.24, 2.45) is 4.99 Å². The molecule has 0 radical (unpaired) electrons. The number of benzene rings is 2. The normalized spacial score (nSPS) is 22.2. The molecular weight excluding hydrogens is 431 g/mol. The number of carbonyl (C=O) groups excluding carboxylic acids is 1. The summed E-state index contributed by atoms with van der Waals surface area (Å²) in [6.45, 7) is 4.06. The van der Waals surface area contributed by atoms with E-state index in [1.165, 1.54) is 12.1 Å². The van der Waals surface area contributed by atoms with Crippen molar-refractivity contribution < 1.29 is 13.9 Å². The lowest BCUT2D eigenvalue weighted by Crippen LogP contribution is -2.55. The fourth-order valence-corrected chi connectivity index (χ4v) is 5.15. The molecule has 0 saturated carbocycles. The number of amides is 1. The number of methoxy groups -OCH3 is 1. The monoisotopic (exact) mass is 458 g/mol. The second kappa shape index (κ2) is 8.56. The predicted molar refractivity (Wildman–Crippen MR) is 130 cm³/mol. The van der Waals surface area contributed by atoms with Gasteiger partial charge in [0, 0.05) is 12.2 Å². The van der Waals surface area contributed by atoms with Crippen molar-refractivity contribution in [3.05, 3.63) is 83.7 Å². The van der Waals surface area contributed by atoms with Gasteiger partial charge in [-0.15, -0.1) is 0 Å². The second-order valence-electron chi connectivity index (χ2n) is 8.94. The molecule has 2 atom stereocenters. The van der Waals surface area contributed by atoms with Crippen LogP contribution in [0.5, 0.6) is 5.75 Å². The smallest absolute Gasteiger partial charge is 0.278 e. The number of piperidine rings is 1. The summed E-state index contributed by atoms with van der Waals surface area (Å²) in [5, 5.41) is 0. The number of nitrogens with zero attached hydrogens (tertiary/aromatic N) is 4. The van der Waals surface area contributed by atoms with Gasteiger partial charge in [0.05, 0.1) is 24.8 Å². The van der Waals surface area contributed by atoms with E-state index < -0.39 is 5.54 Å². The lowest BCUT2D eigenvalue weighted by atomic mass is 9.78. The molecule has 3 heterocycles. The number of aliphatic imine (C=N–C) groups is 1. The summed E-state index contributed by atoms with van der Waals surface area (Å²) in [6, 6.07) is 12.3. The molecule has 6 nitrogen and oxygen atoms in total. The van der Waals surface area contributed by atoms with Crippen molar-refractivity contribution in [1.29, 1.82) is 0 Å². The Hall–Kier alpha value is -3.74. The summed E-state index contributed by atoms with van der Waals surface area (Å²) in [5.41, 5.74) is 2.67. The van der Waals surface area contributed by atoms with Crippen LogP contribution in [0.2, 0.25) is 0 Å². The molecule has 3 aromatic rings. The number of hydrogen-bond acceptors (Lipinski definition) is 4. The number of aromatic nitrogens is 2. The van der Waals surface area contributed by atoms with Crippen molar-refractivity contribution in [1.82, 2.24) is 14.5 Å². The number of ether oxygens (including phenoxy) is 1. The van der Waals surface area contributed by atoms with E-state index in [4.69, 9.17) is 4.74 Å². The van der Waals surface area contributed by atoms with Gasteiger partial charge in [0.25, 0.3) is 5.91 Å². The molecule has 174 valence electrons. The Balaban J connectivity index is 1.47. The van der Waals surface area contributed by atoms with Crippen molar-refractivity contribution in [2.45, 2.75) is 44.7 Å². The maximum absolute atomic E-state index is 13.6. The van der Waals surface area contributed by atoms with E-state index in [0.29, 0.717) is 12.3 Å². The average molecular weight is 459 g/mol. The summed E-state index contributed by atoms with van der Waals surface area (Å²) in [6.07, 6.45) is 10.1. The first-order valence-electron chi connectivity index (χ1n) is 11.5. The van der Waals surface area contributed by atoms with Crippen LogP contribution in [0, 0.1) is 12.7 Å². The van der Waals surface area contributed by atoms with Gasteiger partial charge in [0.1, 0.15) is 22.9 Å². The summed E-state index contributed by atoms with van der Waals surface area (Å²) >= 11 is 0. The molecule has 0 bridgehead atoms. The van der Waals surface area contributed by atoms with E-state index in [0.717, 1.165) is 41.1 Å². The largest absolute Gasteiger partial charge is 0.495 e. The van der Waals surface area contributed by atoms with Crippen LogP contribution in [-0.4, -0.2) is 39.3 Å². The van der Waals surface area contributed by atoms with E-state index in [1.54, 1.807) is 25.6 Å². The van der Waals surface area contributed by atoms with Gasteiger partial charge in [-0.05, 0) is 74.6 Å². The standard InChI is InChI=1S/C27H27FN4O2/c1-18-16-31(17-29-18)23-12-6-20(15-24(23)34-3)7-13-25-30-26(33)27(14-4-5-19(2)32(25)27)21-8-10-22(28)11-9-21/h6-13,15-17,19H,4-5,14H2,1-3H3. The van der Waals surface area contributed by atoms with Crippen LogP contribution in [0.4, 0.5) is 4.39 Å². The average Bonchev–Trinajstić information content (AvgIpc) is 3.40. The molecule has 1 amide bonds. The van der Waals surface area contributed by atoms with E-state index in [2.05, 4.69) is 21.8 Å². The zero-order chi connectivity index (χ0) is 23.9. The van der Waals surface area contributed by atoms with E-state index in [-0.39, 0.29) is 17.8 Å². The number of amidine groups is 1. The predicted octanol–water partition coefficient (Wildman–Crippen LogP) is 5.05. The molecule has 0 spiro atoms. The summed E-state index contributed by atoms with van der Waals surface area (Å²) < 4.78 is 21.1. The quantitative estimate of drug-likeness (QED) is 0.537. The summed E-state index contributed by atoms with van der Waals surface area (Å²) in [4.78, 5) is 24.2. The van der Waals surface area contributed by atoms with E-state index in [9.17, 15) is 9.18 Å². The maximum atomic E-state index is 13.6. The summed E-state index contributed by atoms with van der Waals surface area (Å²) in [5.74, 6) is 0.852. The van der Waals surface area contributed by atoms with Crippen molar-refractivity contribution >= 4 is 17.8 Å². The Kier molecular flexibility index (Phi) is 5.55. The molecule has 0 aliphatic carbocycles. The number of imidazole rings is 1. The fourth-order valence-electron chi connectivity index (χ4n) is 5.15. The molecule has 2 unspecified atom stereocenters. The Morgan fingerprint density at radius 1 is 1.18 bits per heavy atom. The number of carbonyl (C=O) groups is 1. The third-order valence-corrected chi connectivity index (χ3v) is 6.77. The first-order valence-corrected chi connectivity index (χ1v) is 11.5. The minimum Gasteiger partial charge on any atom is -0.495 e. The first kappa shape index (κ1) is 22.1. The van der Waals surface area contributed by atoms with Gasteiger partial charge in [-0.25, -0.2) is 9.37 Å². The molecule has 2 aliphatic heterocycles. The van der Waals surface area contributed by atoms with Gasteiger partial charge in [-0.3, -0.25) is 4.79 Å². The highest BCUT2D eigenvalue weighted by Gasteiger charge is 2.54. The number of fused-ring (bicyclic) bond motifs is 1. The van der Waals surface area contributed by atoms with Crippen LogP contribution >= 0.6 is 0 Å². The van der Waals surface area contributed by atoms with E-state index >= 15 is 0 Å². The van der Waals surface area contributed by atoms with Gasteiger partial charge in [0.15, 0.2) is 0 Å². The molecule has 1 aromatic heterocycles. The van der Waals surface area contributed by atoms with Crippen LogP contribution < -0.4 is 4.74 Å². The highest BCUT2D eigenvalue weighted by atomic mass is 19.1. The van der Waals surface area contributed by atoms with Crippen molar-refractivity contribution in [3.8, 4) is 11.4 Å². The van der Waals surface area contributed by atoms with Crippen LogP contribution in [0.1, 0.15) is 43.0 Å². The molecule has 7 heteroatoms. The van der Waals surface area contributed by atoms with Crippen LogP contribution in [0.25, 0.3) is 11.8 Å². The first-order chi connectivity index (χ1) is 16.4. The molecule has 2 aromatic carbocycles. The third-order valence-electron chi connectivity index (χ3n) is 6.77. The van der Waals surface area contributed by atoms with Gasteiger partial charge in [-0.1, -0.05) is 24.3 Å². The second-order valence-corrected chi connectivity index (χ2v) is 8.94. The zero-order valence-corrected chi connectivity index (χ0v) is 19.5. The molecule has 1 fully saturated rings.